The molecule has 7 nitrogen and oxygen atoms in total. The number of ether oxygens (including phenoxy) is 1. The summed E-state index contributed by atoms with van der Waals surface area (Å²) in [5, 5.41) is 5.27. The Morgan fingerprint density at radius 2 is 2.08 bits per heavy atom. The molecule has 0 saturated carbocycles. The van der Waals surface area contributed by atoms with Crippen LogP contribution in [0.4, 0.5) is 4.79 Å². The fourth-order valence-corrected chi connectivity index (χ4v) is 2.50. The Bertz CT molecular complexity index is 591. The number of nitrogens with zero attached hydrogens (tertiary/aromatic N) is 1. The highest BCUT2D eigenvalue weighted by molar-refractivity contribution is 5.91. The molecule has 2 atom stereocenters. The summed E-state index contributed by atoms with van der Waals surface area (Å²) in [6.45, 7) is 4.43. The second-order valence-corrected chi connectivity index (χ2v) is 5.78. The van der Waals surface area contributed by atoms with Gasteiger partial charge < -0.3 is 20.3 Å². The van der Waals surface area contributed by atoms with Gasteiger partial charge in [0.25, 0.3) is 0 Å². The summed E-state index contributed by atoms with van der Waals surface area (Å²) in [5.41, 5.74) is 0.865. The van der Waals surface area contributed by atoms with Gasteiger partial charge in [0.2, 0.25) is 11.8 Å². The Balaban J connectivity index is 1.86. The van der Waals surface area contributed by atoms with E-state index in [2.05, 4.69) is 10.6 Å². The molecule has 1 unspecified atom stereocenters. The largest absolute Gasteiger partial charge is 0.445 e. The SMILES string of the molecule is CC1C(=O)NCCCN1C(=O)[C@H](C)NC(=O)OCc1ccccc1. The van der Waals surface area contributed by atoms with Crippen LogP contribution in [0, 0.1) is 0 Å². The van der Waals surface area contributed by atoms with Gasteiger partial charge in [-0.15, -0.1) is 0 Å². The van der Waals surface area contributed by atoms with Crippen LogP contribution in [0.15, 0.2) is 30.3 Å². The molecular formula is C17H23N3O4. The maximum Gasteiger partial charge on any atom is 0.408 e. The summed E-state index contributed by atoms with van der Waals surface area (Å²) < 4.78 is 5.11. The van der Waals surface area contributed by atoms with Crippen LogP contribution in [0.1, 0.15) is 25.8 Å². The van der Waals surface area contributed by atoms with Crippen molar-refractivity contribution in [1.82, 2.24) is 15.5 Å². The average molecular weight is 333 g/mol. The van der Waals surface area contributed by atoms with E-state index in [1.165, 1.54) is 4.90 Å². The normalized spacial score (nSPS) is 19.0. The number of benzene rings is 1. The summed E-state index contributed by atoms with van der Waals surface area (Å²) in [7, 11) is 0. The van der Waals surface area contributed by atoms with Crippen molar-refractivity contribution in [3.05, 3.63) is 35.9 Å². The van der Waals surface area contributed by atoms with Crippen LogP contribution in [0.2, 0.25) is 0 Å². The Hall–Kier alpha value is -2.57. The molecule has 0 radical (unpaired) electrons. The molecule has 0 spiro atoms. The summed E-state index contributed by atoms with van der Waals surface area (Å²) in [4.78, 5) is 37.6. The molecule has 1 aromatic rings. The third-order valence-electron chi connectivity index (χ3n) is 3.92. The van der Waals surface area contributed by atoms with Gasteiger partial charge in [-0.05, 0) is 25.8 Å². The van der Waals surface area contributed by atoms with Gasteiger partial charge in [0.15, 0.2) is 0 Å². The molecule has 2 rings (SSSR count). The predicted molar refractivity (Wildman–Crippen MR) is 88.0 cm³/mol. The Morgan fingerprint density at radius 1 is 1.38 bits per heavy atom. The van der Waals surface area contributed by atoms with Crippen molar-refractivity contribution in [3.63, 3.8) is 0 Å². The van der Waals surface area contributed by atoms with E-state index in [1.807, 2.05) is 30.3 Å². The van der Waals surface area contributed by atoms with Crippen molar-refractivity contribution < 1.29 is 19.1 Å². The number of carbonyl (C=O) groups excluding carboxylic acids is 3. The van der Waals surface area contributed by atoms with Crippen LogP contribution in [0.5, 0.6) is 0 Å². The van der Waals surface area contributed by atoms with Crippen molar-refractivity contribution in [1.29, 1.82) is 0 Å². The minimum Gasteiger partial charge on any atom is -0.445 e. The minimum atomic E-state index is -0.762. The molecule has 1 aliphatic heterocycles. The Kier molecular flexibility index (Phi) is 6.17. The fourth-order valence-electron chi connectivity index (χ4n) is 2.50. The third kappa shape index (κ3) is 4.71. The van der Waals surface area contributed by atoms with E-state index in [4.69, 9.17) is 4.74 Å². The quantitative estimate of drug-likeness (QED) is 0.862. The molecule has 7 heteroatoms. The first-order valence-corrected chi connectivity index (χ1v) is 8.04. The van der Waals surface area contributed by atoms with Gasteiger partial charge in [0.1, 0.15) is 18.7 Å². The van der Waals surface area contributed by atoms with Gasteiger partial charge in [-0.3, -0.25) is 9.59 Å². The first kappa shape index (κ1) is 17.8. The fraction of sp³-hybridized carbons (Fsp3) is 0.471. The number of carbonyl (C=O) groups is 3. The smallest absolute Gasteiger partial charge is 0.408 e. The van der Waals surface area contributed by atoms with Crippen LogP contribution >= 0.6 is 0 Å². The molecule has 2 N–H and O–H groups in total. The molecule has 1 aliphatic rings. The number of alkyl carbamates (subject to hydrolysis) is 1. The van der Waals surface area contributed by atoms with Crippen LogP contribution < -0.4 is 10.6 Å². The van der Waals surface area contributed by atoms with Crippen molar-refractivity contribution in [2.45, 2.75) is 39.0 Å². The number of hydrogen-bond donors (Lipinski definition) is 2. The molecule has 1 aromatic carbocycles. The van der Waals surface area contributed by atoms with Gasteiger partial charge >= 0.3 is 6.09 Å². The van der Waals surface area contributed by atoms with Crippen molar-refractivity contribution in [2.24, 2.45) is 0 Å². The van der Waals surface area contributed by atoms with Crippen LogP contribution in [-0.2, 0) is 20.9 Å². The number of rotatable bonds is 4. The summed E-state index contributed by atoms with van der Waals surface area (Å²) in [6, 6.07) is 7.97. The standard InChI is InChI=1S/C17H23N3O4/c1-12(16(22)20-10-6-9-18-15(21)13(20)2)19-17(23)24-11-14-7-4-3-5-8-14/h3-5,7-8,12-13H,6,9-11H2,1-2H3,(H,18,21)(H,19,23)/t12-,13?/m0/s1. The maximum atomic E-state index is 12.5. The highest BCUT2D eigenvalue weighted by Gasteiger charge is 2.31. The van der Waals surface area contributed by atoms with E-state index in [-0.39, 0.29) is 18.4 Å². The molecule has 3 amide bonds. The first-order valence-electron chi connectivity index (χ1n) is 8.04. The topological polar surface area (TPSA) is 87.7 Å². The predicted octanol–water partition coefficient (Wildman–Crippen LogP) is 1.04. The zero-order chi connectivity index (χ0) is 17.5. The van der Waals surface area contributed by atoms with Gasteiger partial charge in [0.05, 0.1) is 0 Å². The molecule has 0 bridgehead atoms. The summed E-state index contributed by atoms with van der Waals surface area (Å²) in [6.07, 6.45) is 0.0270. The molecule has 1 saturated heterocycles. The molecule has 130 valence electrons. The highest BCUT2D eigenvalue weighted by atomic mass is 16.5. The average Bonchev–Trinajstić information content (AvgIpc) is 2.75. The van der Waals surface area contributed by atoms with Gasteiger partial charge in [-0.2, -0.15) is 0 Å². The minimum absolute atomic E-state index is 0.135. The van der Waals surface area contributed by atoms with Gasteiger partial charge in [-0.1, -0.05) is 30.3 Å². The van der Waals surface area contributed by atoms with Crippen molar-refractivity contribution in [3.8, 4) is 0 Å². The second-order valence-electron chi connectivity index (χ2n) is 5.78. The molecule has 1 fully saturated rings. The summed E-state index contributed by atoms with van der Waals surface area (Å²) in [5.74, 6) is -0.476. The number of hydrogen-bond acceptors (Lipinski definition) is 4. The van der Waals surface area contributed by atoms with E-state index < -0.39 is 18.2 Å². The second kappa shape index (κ2) is 8.33. The Morgan fingerprint density at radius 3 is 2.79 bits per heavy atom. The zero-order valence-corrected chi connectivity index (χ0v) is 14.0. The Labute approximate surface area is 141 Å². The lowest BCUT2D eigenvalue weighted by molar-refractivity contribution is -0.140. The van der Waals surface area contributed by atoms with E-state index in [9.17, 15) is 14.4 Å². The molecular weight excluding hydrogens is 310 g/mol. The lowest BCUT2D eigenvalue weighted by Crippen LogP contribution is -2.52. The van der Waals surface area contributed by atoms with E-state index in [0.29, 0.717) is 19.5 Å². The van der Waals surface area contributed by atoms with Crippen LogP contribution in [-0.4, -0.2) is 48.0 Å². The lowest BCUT2D eigenvalue weighted by atomic mass is 10.2. The first-order chi connectivity index (χ1) is 11.5. The van der Waals surface area contributed by atoms with Gasteiger partial charge in [-0.25, -0.2) is 4.79 Å². The third-order valence-corrected chi connectivity index (χ3v) is 3.92. The van der Waals surface area contributed by atoms with Crippen molar-refractivity contribution in [2.75, 3.05) is 13.1 Å². The van der Waals surface area contributed by atoms with Gasteiger partial charge in [0, 0.05) is 13.1 Å². The zero-order valence-electron chi connectivity index (χ0n) is 14.0. The number of nitrogens with one attached hydrogen (secondary N) is 2. The highest BCUT2D eigenvalue weighted by Crippen LogP contribution is 2.08. The van der Waals surface area contributed by atoms with Crippen LogP contribution in [0.3, 0.4) is 0 Å². The maximum absolute atomic E-state index is 12.5. The monoisotopic (exact) mass is 333 g/mol. The lowest BCUT2D eigenvalue weighted by Gasteiger charge is -2.28. The molecule has 24 heavy (non-hydrogen) atoms. The van der Waals surface area contributed by atoms with E-state index in [0.717, 1.165) is 5.56 Å². The van der Waals surface area contributed by atoms with E-state index >= 15 is 0 Å². The molecule has 1 heterocycles. The molecule has 0 aliphatic carbocycles. The van der Waals surface area contributed by atoms with E-state index in [1.54, 1.807) is 13.8 Å². The summed E-state index contributed by atoms with van der Waals surface area (Å²) >= 11 is 0. The number of amides is 3. The van der Waals surface area contributed by atoms with Crippen LogP contribution in [0.25, 0.3) is 0 Å². The molecule has 0 aromatic heterocycles. The van der Waals surface area contributed by atoms with Crippen molar-refractivity contribution >= 4 is 17.9 Å².